The predicted octanol–water partition coefficient (Wildman–Crippen LogP) is 3.06. The van der Waals surface area contributed by atoms with E-state index in [1.807, 2.05) is 0 Å². The minimum absolute atomic E-state index is 0.449. The second kappa shape index (κ2) is 7.81. The van der Waals surface area contributed by atoms with Crippen molar-refractivity contribution in [2.24, 2.45) is 0 Å². The molecule has 0 radical (unpaired) electrons. The molecule has 1 heterocycles. The molecule has 1 atom stereocenters. The molecule has 3 nitrogen and oxygen atoms in total. The number of rotatable bonds is 7. The Morgan fingerprint density at radius 3 is 2.86 bits per heavy atom. The first-order valence-electron chi connectivity index (χ1n) is 8.37. The van der Waals surface area contributed by atoms with Gasteiger partial charge < -0.3 is 15.1 Å². The molecule has 1 unspecified atom stereocenters. The third-order valence-corrected chi connectivity index (χ3v) is 4.36. The van der Waals surface area contributed by atoms with Gasteiger partial charge in [-0.2, -0.15) is 0 Å². The van der Waals surface area contributed by atoms with E-state index in [-0.39, 0.29) is 0 Å². The number of nitrogens with zero attached hydrogens (tertiary/aromatic N) is 2. The van der Waals surface area contributed by atoms with Crippen LogP contribution in [0, 0.1) is 0 Å². The van der Waals surface area contributed by atoms with Crippen LogP contribution in [0.5, 0.6) is 0 Å². The summed E-state index contributed by atoms with van der Waals surface area (Å²) in [6, 6.07) is 7.51. The average molecular weight is 289 g/mol. The molecule has 1 N–H and O–H groups in total. The monoisotopic (exact) mass is 289 g/mol. The number of anilines is 1. The zero-order valence-electron chi connectivity index (χ0n) is 14.2. The number of fused-ring (bicyclic) bond motifs is 1. The van der Waals surface area contributed by atoms with E-state index in [1.165, 1.54) is 55.7 Å². The van der Waals surface area contributed by atoms with E-state index in [9.17, 15) is 0 Å². The summed E-state index contributed by atoms with van der Waals surface area (Å²) in [6.07, 6.45) is 3.75. The highest BCUT2D eigenvalue weighted by atomic mass is 15.1. The van der Waals surface area contributed by atoms with Crippen molar-refractivity contribution in [3.05, 3.63) is 29.3 Å². The topological polar surface area (TPSA) is 18.5 Å². The third kappa shape index (κ3) is 4.45. The molecule has 0 fully saturated rings. The fourth-order valence-electron chi connectivity index (χ4n) is 3.20. The number of aryl methyl sites for hydroxylation is 1. The summed E-state index contributed by atoms with van der Waals surface area (Å²) >= 11 is 0. The molecule has 1 aromatic carbocycles. The number of hydrogen-bond donors (Lipinski definition) is 1. The van der Waals surface area contributed by atoms with Crippen LogP contribution in [0.1, 0.15) is 43.9 Å². The quantitative estimate of drug-likeness (QED) is 0.832. The second-order valence-corrected chi connectivity index (χ2v) is 6.41. The lowest BCUT2D eigenvalue weighted by molar-refractivity contribution is 0.399. The van der Waals surface area contributed by atoms with E-state index >= 15 is 0 Å². The number of benzene rings is 1. The van der Waals surface area contributed by atoms with Gasteiger partial charge in [-0.1, -0.05) is 19.1 Å². The zero-order valence-corrected chi connectivity index (χ0v) is 14.2. The largest absolute Gasteiger partial charge is 0.371 e. The van der Waals surface area contributed by atoms with E-state index in [0.717, 1.165) is 6.54 Å². The van der Waals surface area contributed by atoms with Crippen LogP contribution >= 0.6 is 0 Å². The molecular weight excluding hydrogens is 258 g/mol. The van der Waals surface area contributed by atoms with Crippen molar-refractivity contribution in [1.29, 1.82) is 0 Å². The zero-order chi connectivity index (χ0) is 15.2. The highest BCUT2D eigenvalue weighted by Crippen LogP contribution is 2.29. The Morgan fingerprint density at radius 1 is 1.33 bits per heavy atom. The Hall–Kier alpha value is -1.06. The first-order chi connectivity index (χ1) is 10.1. The van der Waals surface area contributed by atoms with Crippen molar-refractivity contribution in [3.8, 4) is 0 Å². The lowest BCUT2D eigenvalue weighted by Gasteiger charge is -2.32. The lowest BCUT2D eigenvalue weighted by Crippen LogP contribution is -2.32. The van der Waals surface area contributed by atoms with Crippen molar-refractivity contribution in [3.63, 3.8) is 0 Å². The molecule has 0 spiro atoms. The molecule has 1 aromatic rings. The van der Waals surface area contributed by atoms with Gasteiger partial charge in [0.25, 0.3) is 0 Å². The third-order valence-electron chi connectivity index (χ3n) is 4.36. The van der Waals surface area contributed by atoms with Gasteiger partial charge in [-0.05, 0) is 70.6 Å². The molecule has 2 rings (SSSR count). The fourth-order valence-corrected chi connectivity index (χ4v) is 3.20. The van der Waals surface area contributed by atoms with Gasteiger partial charge in [0.15, 0.2) is 0 Å². The van der Waals surface area contributed by atoms with Crippen molar-refractivity contribution in [2.45, 2.75) is 39.2 Å². The Kier molecular flexibility index (Phi) is 6.07. The first-order valence-corrected chi connectivity index (χ1v) is 8.37. The van der Waals surface area contributed by atoms with Gasteiger partial charge in [0.05, 0.1) is 0 Å². The van der Waals surface area contributed by atoms with Crippen LogP contribution in [0.15, 0.2) is 18.2 Å². The van der Waals surface area contributed by atoms with Gasteiger partial charge >= 0.3 is 0 Å². The summed E-state index contributed by atoms with van der Waals surface area (Å²) < 4.78 is 0. The minimum Gasteiger partial charge on any atom is -0.371 e. The molecule has 1 aliphatic heterocycles. The molecule has 0 aromatic heterocycles. The summed E-state index contributed by atoms with van der Waals surface area (Å²) in [5.74, 6) is 0. The number of nitrogens with one attached hydrogen (secondary N) is 1. The van der Waals surface area contributed by atoms with E-state index in [1.54, 1.807) is 0 Å². The van der Waals surface area contributed by atoms with Gasteiger partial charge in [0.1, 0.15) is 0 Å². The van der Waals surface area contributed by atoms with E-state index in [4.69, 9.17) is 0 Å². The second-order valence-electron chi connectivity index (χ2n) is 6.41. The van der Waals surface area contributed by atoms with Crippen LogP contribution < -0.4 is 10.2 Å². The Bertz CT molecular complexity index is 442. The van der Waals surface area contributed by atoms with Gasteiger partial charge in [-0.3, -0.25) is 0 Å². The van der Waals surface area contributed by atoms with Crippen LogP contribution in [-0.2, 0) is 6.42 Å². The molecule has 0 aliphatic carbocycles. The Morgan fingerprint density at radius 2 is 2.14 bits per heavy atom. The van der Waals surface area contributed by atoms with Crippen molar-refractivity contribution in [1.82, 2.24) is 10.2 Å². The maximum absolute atomic E-state index is 3.51. The van der Waals surface area contributed by atoms with Gasteiger partial charge in [0, 0.05) is 24.8 Å². The van der Waals surface area contributed by atoms with Crippen molar-refractivity contribution in [2.75, 3.05) is 45.2 Å². The predicted molar refractivity (Wildman–Crippen MR) is 92.2 cm³/mol. The highest BCUT2D eigenvalue weighted by molar-refractivity contribution is 5.57. The Balaban J connectivity index is 2.05. The molecule has 1 aliphatic rings. The maximum Gasteiger partial charge on any atom is 0.0398 e. The highest BCUT2D eigenvalue weighted by Gasteiger charge is 2.17. The van der Waals surface area contributed by atoms with Crippen LogP contribution in [0.2, 0.25) is 0 Å². The summed E-state index contributed by atoms with van der Waals surface area (Å²) in [5.41, 5.74) is 4.42. The standard InChI is InChI=1S/C18H31N3/c1-5-19-15(2)16-9-10-18-17(14-16)8-6-12-21(18)13-7-11-20(3)4/h9-10,14-15,19H,5-8,11-13H2,1-4H3. The molecule has 0 bridgehead atoms. The van der Waals surface area contributed by atoms with Crippen LogP contribution in [0.3, 0.4) is 0 Å². The van der Waals surface area contributed by atoms with E-state index in [0.29, 0.717) is 6.04 Å². The van der Waals surface area contributed by atoms with Crippen molar-refractivity contribution < 1.29 is 0 Å². The average Bonchev–Trinajstić information content (AvgIpc) is 2.46. The molecule has 0 amide bonds. The fraction of sp³-hybridized carbons (Fsp3) is 0.667. The number of hydrogen-bond acceptors (Lipinski definition) is 3. The van der Waals surface area contributed by atoms with Crippen molar-refractivity contribution >= 4 is 5.69 Å². The summed E-state index contributed by atoms with van der Waals surface area (Å²) in [4.78, 5) is 4.84. The normalized spacial score (nSPS) is 16.1. The maximum atomic E-state index is 3.51. The van der Waals surface area contributed by atoms with Gasteiger partial charge in [-0.25, -0.2) is 0 Å². The molecule has 0 saturated carbocycles. The Labute approximate surface area is 130 Å². The minimum atomic E-state index is 0.449. The van der Waals surface area contributed by atoms with Crippen LogP contribution in [-0.4, -0.2) is 45.2 Å². The summed E-state index contributed by atoms with van der Waals surface area (Å²) in [6.45, 7) is 9.00. The summed E-state index contributed by atoms with van der Waals surface area (Å²) in [5, 5.41) is 3.51. The van der Waals surface area contributed by atoms with Crippen LogP contribution in [0.4, 0.5) is 5.69 Å². The molecule has 3 heteroatoms. The smallest absolute Gasteiger partial charge is 0.0398 e. The first kappa shape index (κ1) is 16.3. The van der Waals surface area contributed by atoms with E-state index in [2.05, 4.69) is 61.3 Å². The molecule has 21 heavy (non-hydrogen) atoms. The lowest BCUT2D eigenvalue weighted by atomic mass is 9.96. The molecular formula is C18H31N3. The van der Waals surface area contributed by atoms with Gasteiger partial charge in [0.2, 0.25) is 0 Å². The summed E-state index contributed by atoms with van der Waals surface area (Å²) in [7, 11) is 4.30. The van der Waals surface area contributed by atoms with E-state index < -0.39 is 0 Å². The molecule has 0 saturated heterocycles. The van der Waals surface area contributed by atoms with Gasteiger partial charge in [-0.15, -0.1) is 0 Å². The molecule has 118 valence electrons. The SMILES string of the molecule is CCNC(C)c1ccc2c(c1)CCCN2CCCN(C)C. The van der Waals surface area contributed by atoms with Crippen LogP contribution in [0.25, 0.3) is 0 Å².